The number of nitrogens with zero attached hydrogens (tertiary/aromatic N) is 2. The van der Waals surface area contributed by atoms with E-state index in [0.29, 0.717) is 60.2 Å². The molecule has 1 aromatic heterocycles. The smallest absolute Gasteiger partial charge is 0.313 e. The molecule has 1 spiro atoms. The van der Waals surface area contributed by atoms with Gasteiger partial charge in [-0.25, -0.2) is 4.98 Å². The molecule has 1 unspecified atom stereocenters. The minimum Gasteiger partial charge on any atom is -0.475 e. The molecule has 5 rings (SSSR count). The standard InChI is InChI=1S/C25H28ClN5O4/c1-3-14-8-16(11-28-21(14)27)29-22(32)23(33)31-12-13(2)4-5-18(31)15-9-17(26)20-19(10-15)35-25(6-7-25)24(34)30-20/h8-11,13,18H,3-7,12H2,1-2H3,(H2,27,28)(H,29,32)(H,30,34)/t13-,18?/m0/s1. The molecule has 3 heterocycles. The molecule has 0 radical (unpaired) electrons. The van der Waals surface area contributed by atoms with Gasteiger partial charge < -0.3 is 26.0 Å². The van der Waals surface area contributed by atoms with E-state index < -0.39 is 17.4 Å². The van der Waals surface area contributed by atoms with E-state index in [0.717, 1.165) is 17.5 Å². The summed E-state index contributed by atoms with van der Waals surface area (Å²) in [6, 6.07) is 4.95. The summed E-state index contributed by atoms with van der Waals surface area (Å²) in [5.41, 5.74) is 7.48. The number of nitrogens with two attached hydrogens (primary N) is 1. The number of piperidine rings is 1. The monoisotopic (exact) mass is 497 g/mol. The third kappa shape index (κ3) is 4.29. The van der Waals surface area contributed by atoms with Crippen LogP contribution in [0.25, 0.3) is 0 Å². The van der Waals surface area contributed by atoms with E-state index >= 15 is 0 Å². The van der Waals surface area contributed by atoms with Crippen molar-refractivity contribution < 1.29 is 19.1 Å². The van der Waals surface area contributed by atoms with E-state index in [2.05, 4.69) is 22.5 Å². The maximum Gasteiger partial charge on any atom is 0.313 e. The largest absolute Gasteiger partial charge is 0.475 e. The number of pyridine rings is 1. The molecular weight excluding hydrogens is 470 g/mol. The molecule has 1 saturated heterocycles. The van der Waals surface area contributed by atoms with E-state index in [1.54, 1.807) is 17.0 Å². The lowest BCUT2D eigenvalue weighted by Gasteiger charge is -2.39. The average molecular weight is 498 g/mol. The number of anilines is 3. The van der Waals surface area contributed by atoms with Crippen LogP contribution in [0.15, 0.2) is 24.4 Å². The van der Waals surface area contributed by atoms with Crippen LogP contribution in [0.2, 0.25) is 5.02 Å². The van der Waals surface area contributed by atoms with E-state index in [1.807, 2.05) is 13.0 Å². The third-order valence-electron chi connectivity index (χ3n) is 7.04. The van der Waals surface area contributed by atoms with Crippen LogP contribution in [-0.4, -0.2) is 39.8 Å². The molecule has 3 aliphatic rings. The highest BCUT2D eigenvalue weighted by Crippen LogP contribution is 2.50. The number of nitrogen functional groups attached to an aromatic ring is 1. The number of likely N-dealkylation sites (tertiary alicyclic amines) is 1. The molecule has 2 aliphatic heterocycles. The number of halogens is 1. The van der Waals surface area contributed by atoms with Crippen molar-refractivity contribution in [1.82, 2.24) is 9.88 Å². The fraction of sp³-hybridized carbons (Fsp3) is 0.440. The first-order valence-electron chi connectivity index (χ1n) is 11.9. The molecule has 35 heavy (non-hydrogen) atoms. The summed E-state index contributed by atoms with van der Waals surface area (Å²) in [5, 5.41) is 5.87. The van der Waals surface area contributed by atoms with Crippen molar-refractivity contribution in [3.05, 3.63) is 40.5 Å². The average Bonchev–Trinajstić information content (AvgIpc) is 3.61. The van der Waals surface area contributed by atoms with Gasteiger partial charge in [0.15, 0.2) is 5.60 Å². The van der Waals surface area contributed by atoms with Crippen LogP contribution in [0.1, 0.15) is 56.7 Å². The molecule has 9 nitrogen and oxygen atoms in total. The number of aryl methyl sites for hydroxylation is 1. The molecule has 10 heteroatoms. The number of rotatable bonds is 3. The Labute approximate surface area is 208 Å². The quantitative estimate of drug-likeness (QED) is 0.555. The van der Waals surface area contributed by atoms with E-state index in [4.69, 9.17) is 22.1 Å². The second-order valence-corrected chi connectivity index (χ2v) is 10.1. The number of nitrogens with one attached hydrogen (secondary N) is 2. The highest BCUT2D eigenvalue weighted by Gasteiger charge is 2.55. The first-order valence-corrected chi connectivity index (χ1v) is 12.3. The number of carbonyl (C=O) groups is 3. The lowest BCUT2D eigenvalue weighted by atomic mass is 9.89. The minimum absolute atomic E-state index is 0.178. The molecule has 1 saturated carbocycles. The van der Waals surface area contributed by atoms with Gasteiger partial charge in [-0.2, -0.15) is 0 Å². The van der Waals surface area contributed by atoms with Crippen LogP contribution in [0.4, 0.5) is 17.2 Å². The van der Waals surface area contributed by atoms with Crippen molar-refractivity contribution in [3.63, 3.8) is 0 Å². The van der Waals surface area contributed by atoms with Crippen LogP contribution in [0.5, 0.6) is 5.75 Å². The Morgan fingerprint density at radius 2 is 2.09 bits per heavy atom. The van der Waals surface area contributed by atoms with Crippen molar-refractivity contribution in [3.8, 4) is 5.75 Å². The van der Waals surface area contributed by atoms with Gasteiger partial charge in [-0.15, -0.1) is 0 Å². The number of aromatic nitrogens is 1. The highest BCUT2D eigenvalue weighted by atomic mass is 35.5. The SMILES string of the molecule is CCc1cc(NC(=O)C(=O)N2C[C@@H](C)CCC2c2cc(Cl)c3c(c2)OC2(CC2)C(=O)N3)cnc1N. The maximum absolute atomic E-state index is 13.3. The van der Waals surface area contributed by atoms with Crippen LogP contribution in [0.3, 0.4) is 0 Å². The molecule has 2 aromatic rings. The second kappa shape index (κ2) is 8.71. The summed E-state index contributed by atoms with van der Waals surface area (Å²) >= 11 is 6.52. The Kier molecular flexibility index (Phi) is 5.83. The molecule has 2 fully saturated rings. The molecule has 0 bridgehead atoms. The molecule has 184 valence electrons. The fourth-order valence-electron chi connectivity index (χ4n) is 4.83. The summed E-state index contributed by atoms with van der Waals surface area (Å²) in [5.74, 6) is -0.396. The van der Waals surface area contributed by atoms with Gasteiger partial charge in [-0.3, -0.25) is 14.4 Å². The van der Waals surface area contributed by atoms with E-state index in [-0.39, 0.29) is 17.9 Å². The zero-order valence-electron chi connectivity index (χ0n) is 19.7. The van der Waals surface area contributed by atoms with Crippen molar-refractivity contribution in [1.29, 1.82) is 0 Å². The van der Waals surface area contributed by atoms with Gasteiger partial charge in [0.05, 0.1) is 22.9 Å². The number of amides is 3. The molecule has 2 atom stereocenters. The Balaban J connectivity index is 1.40. The van der Waals surface area contributed by atoms with Crippen molar-refractivity contribution >= 4 is 46.5 Å². The number of carbonyl (C=O) groups excluding carboxylic acids is 3. The summed E-state index contributed by atoms with van der Waals surface area (Å²) < 4.78 is 6.03. The van der Waals surface area contributed by atoms with Gasteiger partial charge in [-0.1, -0.05) is 25.4 Å². The molecule has 4 N–H and O–H groups in total. The summed E-state index contributed by atoms with van der Waals surface area (Å²) in [7, 11) is 0. The van der Waals surface area contributed by atoms with Gasteiger partial charge in [-0.05, 0) is 54.5 Å². The van der Waals surface area contributed by atoms with Gasteiger partial charge >= 0.3 is 11.8 Å². The lowest BCUT2D eigenvalue weighted by molar-refractivity contribution is -0.146. The first kappa shape index (κ1) is 23.4. The van der Waals surface area contributed by atoms with Gasteiger partial charge in [0.1, 0.15) is 17.3 Å². The number of fused-ring (bicyclic) bond motifs is 1. The van der Waals surface area contributed by atoms with Crippen LogP contribution in [0, 0.1) is 5.92 Å². The Morgan fingerprint density at radius 3 is 2.80 bits per heavy atom. The van der Waals surface area contributed by atoms with Crippen molar-refractivity contribution in [2.24, 2.45) is 5.92 Å². The summed E-state index contributed by atoms with van der Waals surface area (Å²) in [6.07, 6.45) is 4.99. The Morgan fingerprint density at radius 1 is 1.31 bits per heavy atom. The van der Waals surface area contributed by atoms with Crippen LogP contribution in [-0.2, 0) is 20.8 Å². The normalized spacial score (nSPS) is 22.1. The molecular formula is C25H28ClN5O4. The summed E-state index contributed by atoms with van der Waals surface area (Å²) in [6.45, 7) is 4.43. The number of hydrogen-bond acceptors (Lipinski definition) is 6. The first-order chi connectivity index (χ1) is 16.7. The van der Waals surface area contributed by atoms with Gasteiger partial charge in [0.2, 0.25) is 0 Å². The predicted molar refractivity (Wildman–Crippen MR) is 132 cm³/mol. The van der Waals surface area contributed by atoms with E-state index in [9.17, 15) is 14.4 Å². The number of hydrogen-bond donors (Lipinski definition) is 3. The number of benzene rings is 1. The maximum atomic E-state index is 13.3. The topological polar surface area (TPSA) is 127 Å². The van der Waals surface area contributed by atoms with Gasteiger partial charge in [0.25, 0.3) is 5.91 Å². The summed E-state index contributed by atoms with van der Waals surface area (Å²) in [4.78, 5) is 44.3. The van der Waals surface area contributed by atoms with E-state index in [1.165, 1.54) is 6.20 Å². The Bertz CT molecular complexity index is 1230. The fourth-order valence-corrected chi connectivity index (χ4v) is 5.10. The number of ether oxygens (including phenoxy) is 1. The van der Waals surface area contributed by atoms with Crippen molar-refractivity contribution in [2.75, 3.05) is 22.9 Å². The minimum atomic E-state index is -0.810. The predicted octanol–water partition coefficient (Wildman–Crippen LogP) is 3.68. The molecule has 1 aromatic carbocycles. The third-order valence-corrected chi connectivity index (χ3v) is 7.33. The van der Waals surface area contributed by atoms with Crippen LogP contribution < -0.4 is 21.1 Å². The van der Waals surface area contributed by atoms with Gasteiger partial charge in [0, 0.05) is 19.4 Å². The molecule has 1 aliphatic carbocycles. The lowest BCUT2D eigenvalue weighted by Crippen LogP contribution is -2.46. The van der Waals surface area contributed by atoms with Crippen molar-refractivity contribution in [2.45, 2.75) is 57.6 Å². The zero-order valence-corrected chi connectivity index (χ0v) is 20.4. The second-order valence-electron chi connectivity index (χ2n) is 9.66. The highest BCUT2D eigenvalue weighted by molar-refractivity contribution is 6.39. The molecule has 3 amide bonds. The van der Waals surface area contributed by atoms with Crippen LogP contribution >= 0.6 is 11.6 Å². The Hall–Kier alpha value is -3.33. The zero-order chi connectivity index (χ0) is 24.9.